The summed E-state index contributed by atoms with van der Waals surface area (Å²) in [5, 5.41) is 5.18. The van der Waals surface area contributed by atoms with E-state index < -0.39 is 0 Å². The summed E-state index contributed by atoms with van der Waals surface area (Å²) in [6, 6.07) is 0. The molecule has 0 N–H and O–H groups in total. The first-order valence-electron chi connectivity index (χ1n) is 4.99. The van der Waals surface area contributed by atoms with Crippen LogP contribution >= 0.6 is 70.6 Å². The Labute approximate surface area is 122 Å². The van der Waals surface area contributed by atoms with Gasteiger partial charge in [0.25, 0.3) is 0 Å². The van der Waals surface area contributed by atoms with Crippen LogP contribution in [-0.4, -0.2) is 11.0 Å². The second kappa shape index (κ2) is 5.53. The van der Waals surface area contributed by atoms with Crippen molar-refractivity contribution in [1.29, 1.82) is 0 Å². The fourth-order valence-corrected chi connectivity index (χ4v) is 9.96. The van der Waals surface area contributed by atoms with E-state index in [-0.39, 0.29) is 0 Å². The van der Waals surface area contributed by atoms with E-state index in [4.69, 9.17) is 0 Å². The third kappa shape index (κ3) is 2.52. The first-order valence-corrected chi connectivity index (χ1v) is 10.2. The molecule has 0 nitrogen and oxygen atoms in total. The third-order valence-electron chi connectivity index (χ3n) is 2.24. The Morgan fingerprint density at radius 2 is 1.81 bits per heavy atom. The van der Waals surface area contributed by atoms with Crippen LogP contribution in [0.1, 0.15) is 13.3 Å². The topological polar surface area (TPSA) is 0 Å². The lowest BCUT2D eigenvalue weighted by Crippen LogP contribution is -2.07. The molecule has 0 saturated heterocycles. The van der Waals surface area contributed by atoms with Gasteiger partial charge in [0.1, 0.15) is 0 Å². The number of rotatable bonds is 1. The molecule has 3 aliphatic heterocycles. The molecule has 0 amide bonds. The number of hydrogen-bond donors (Lipinski definition) is 0. The van der Waals surface area contributed by atoms with E-state index in [0.29, 0.717) is 0 Å². The van der Waals surface area contributed by atoms with Crippen molar-refractivity contribution in [3.05, 3.63) is 27.8 Å². The van der Waals surface area contributed by atoms with Crippen LogP contribution in [0.5, 0.6) is 0 Å². The van der Waals surface area contributed by atoms with Gasteiger partial charge >= 0.3 is 0 Å². The molecule has 3 rings (SSSR count). The summed E-state index contributed by atoms with van der Waals surface area (Å²) in [6.45, 7) is 2.29. The smallest absolute Gasteiger partial charge is 0.0717 e. The highest BCUT2D eigenvalue weighted by Crippen LogP contribution is 2.64. The van der Waals surface area contributed by atoms with Crippen LogP contribution in [0.3, 0.4) is 0 Å². The van der Waals surface area contributed by atoms with Crippen LogP contribution in [0, 0.1) is 0 Å². The van der Waals surface area contributed by atoms with Crippen molar-refractivity contribution in [2.75, 3.05) is 5.75 Å². The third-order valence-corrected chi connectivity index (χ3v) is 11.1. The van der Waals surface area contributed by atoms with Crippen molar-refractivity contribution in [3.8, 4) is 0 Å². The SMILES string of the molecule is CC[C@@H]1CSC2=C(SC(=C3SC=CS3)S2)S1. The van der Waals surface area contributed by atoms with Gasteiger partial charge in [-0.05, 0) is 17.2 Å². The van der Waals surface area contributed by atoms with E-state index in [1.54, 1.807) is 8.47 Å². The van der Waals surface area contributed by atoms with Crippen LogP contribution in [0.4, 0.5) is 0 Å². The van der Waals surface area contributed by atoms with Gasteiger partial charge in [-0.25, -0.2) is 0 Å². The van der Waals surface area contributed by atoms with Crippen molar-refractivity contribution in [2.45, 2.75) is 18.6 Å². The average molecular weight is 323 g/mol. The molecule has 0 aliphatic carbocycles. The monoisotopic (exact) mass is 322 g/mol. The highest BCUT2D eigenvalue weighted by Gasteiger charge is 2.31. The molecule has 6 heteroatoms. The Kier molecular flexibility index (Phi) is 4.27. The fraction of sp³-hybridized carbons (Fsp3) is 0.400. The maximum atomic E-state index is 2.29. The van der Waals surface area contributed by atoms with Crippen molar-refractivity contribution >= 4 is 70.6 Å². The molecule has 3 aliphatic rings. The lowest BCUT2D eigenvalue weighted by Gasteiger charge is -2.19. The van der Waals surface area contributed by atoms with Gasteiger partial charge in [-0.15, -0.1) is 23.5 Å². The van der Waals surface area contributed by atoms with E-state index in [0.717, 1.165) is 5.25 Å². The van der Waals surface area contributed by atoms with Crippen molar-refractivity contribution in [1.82, 2.24) is 0 Å². The first-order chi connectivity index (χ1) is 7.86. The Bertz CT molecular complexity index is 384. The predicted octanol–water partition coefficient (Wildman–Crippen LogP) is 5.93. The molecular weight excluding hydrogens is 313 g/mol. The van der Waals surface area contributed by atoms with Crippen LogP contribution in [-0.2, 0) is 0 Å². The van der Waals surface area contributed by atoms with Crippen molar-refractivity contribution in [3.63, 3.8) is 0 Å². The summed E-state index contributed by atoms with van der Waals surface area (Å²) in [6.07, 6.45) is 1.29. The quantitative estimate of drug-likeness (QED) is 0.582. The Morgan fingerprint density at radius 1 is 1.06 bits per heavy atom. The lowest BCUT2D eigenvalue weighted by molar-refractivity contribution is 0.920. The molecule has 1 atom stereocenters. The normalized spacial score (nSPS) is 29.2. The minimum absolute atomic E-state index is 0.822. The van der Waals surface area contributed by atoms with Gasteiger partial charge in [0.2, 0.25) is 0 Å². The van der Waals surface area contributed by atoms with E-state index in [2.05, 4.69) is 41.3 Å². The number of hydrogen-bond acceptors (Lipinski definition) is 6. The predicted molar refractivity (Wildman–Crippen MR) is 87.7 cm³/mol. The molecule has 16 heavy (non-hydrogen) atoms. The molecule has 0 aromatic heterocycles. The summed E-state index contributed by atoms with van der Waals surface area (Å²) in [5.41, 5.74) is 0. The minimum atomic E-state index is 0.822. The standard InChI is InChI=1S/C10H10S6/c1-2-6-5-13-8-10(14-6)16-9(15-8)7-11-3-4-12-7/h3-4,6H,2,5H2,1H3/t6-/m1/s1. The summed E-state index contributed by atoms with van der Waals surface area (Å²) >= 11 is 11.9. The zero-order chi connectivity index (χ0) is 11.0. The van der Waals surface area contributed by atoms with Crippen LogP contribution in [0.25, 0.3) is 0 Å². The van der Waals surface area contributed by atoms with E-state index in [9.17, 15) is 0 Å². The molecule has 0 saturated carbocycles. The maximum absolute atomic E-state index is 2.29. The summed E-state index contributed by atoms with van der Waals surface area (Å²) < 4.78 is 6.08. The highest BCUT2D eigenvalue weighted by molar-refractivity contribution is 8.43. The van der Waals surface area contributed by atoms with E-state index in [1.807, 2.05) is 47.0 Å². The average Bonchev–Trinajstić information content (AvgIpc) is 2.96. The molecule has 3 heterocycles. The second-order valence-electron chi connectivity index (χ2n) is 3.32. The fourth-order valence-electron chi connectivity index (χ4n) is 1.37. The molecule has 0 fully saturated rings. The largest absolute Gasteiger partial charge is 0.116 e. The van der Waals surface area contributed by atoms with Gasteiger partial charge in [0.15, 0.2) is 0 Å². The molecule has 86 valence electrons. The van der Waals surface area contributed by atoms with E-state index in [1.165, 1.54) is 20.6 Å². The molecule has 0 spiro atoms. The van der Waals surface area contributed by atoms with Gasteiger partial charge < -0.3 is 0 Å². The molecule has 0 bridgehead atoms. The lowest BCUT2D eigenvalue weighted by atomic mass is 10.4. The van der Waals surface area contributed by atoms with Crippen LogP contribution in [0.15, 0.2) is 27.8 Å². The Balaban J connectivity index is 1.74. The number of thioether (sulfide) groups is 6. The zero-order valence-corrected chi connectivity index (χ0v) is 13.5. The molecule has 0 aromatic carbocycles. The van der Waals surface area contributed by atoms with Gasteiger partial charge in [-0.2, -0.15) is 0 Å². The minimum Gasteiger partial charge on any atom is -0.116 e. The van der Waals surface area contributed by atoms with Gasteiger partial charge in [0.05, 0.1) is 16.9 Å². The molecule has 0 radical (unpaired) electrons. The second-order valence-corrected chi connectivity index (χ2v) is 10.6. The Morgan fingerprint density at radius 3 is 2.56 bits per heavy atom. The van der Waals surface area contributed by atoms with Crippen molar-refractivity contribution in [2.24, 2.45) is 0 Å². The highest BCUT2D eigenvalue weighted by atomic mass is 32.3. The van der Waals surface area contributed by atoms with E-state index >= 15 is 0 Å². The summed E-state index contributed by atoms with van der Waals surface area (Å²) in [4.78, 5) is 0. The first kappa shape index (κ1) is 12.4. The van der Waals surface area contributed by atoms with Gasteiger partial charge in [-0.1, -0.05) is 54.0 Å². The van der Waals surface area contributed by atoms with Gasteiger partial charge in [-0.3, -0.25) is 0 Å². The summed E-state index contributed by atoms with van der Waals surface area (Å²) in [7, 11) is 0. The van der Waals surface area contributed by atoms with Gasteiger partial charge in [0, 0.05) is 11.0 Å². The molecule has 0 aromatic rings. The van der Waals surface area contributed by atoms with Crippen molar-refractivity contribution < 1.29 is 0 Å². The maximum Gasteiger partial charge on any atom is 0.0717 e. The summed E-state index contributed by atoms with van der Waals surface area (Å²) in [5.74, 6) is 1.29. The molecular formula is C10H10S6. The van der Waals surface area contributed by atoms with Crippen LogP contribution in [0.2, 0.25) is 0 Å². The van der Waals surface area contributed by atoms with Crippen LogP contribution < -0.4 is 0 Å². The Hall–Kier alpha value is 1.32. The molecule has 0 unspecified atom stereocenters. The zero-order valence-electron chi connectivity index (χ0n) is 8.60.